The van der Waals surface area contributed by atoms with E-state index >= 15 is 0 Å². The van der Waals surface area contributed by atoms with Crippen LogP contribution in [0.25, 0.3) is 11.0 Å². The number of nitrogens with zero attached hydrogens (tertiary/aromatic N) is 2. The van der Waals surface area contributed by atoms with E-state index in [1.54, 1.807) is 29.2 Å². The Labute approximate surface area is 132 Å². The second-order valence-corrected chi connectivity index (χ2v) is 5.65. The van der Waals surface area contributed by atoms with Crippen LogP contribution in [0.15, 0.2) is 29.1 Å². The summed E-state index contributed by atoms with van der Waals surface area (Å²) in [4.78, 5) is 44.7. The first-order valence-corrected chi connectivity index (χ1v) is 7.66. The summed E-state index contributed by atoms with van der Waals surface area (Å²) >= 11 is 0. The van der Waals surface area contributed by atoms with E-state index in [2.05, 4.69) is 15.3 Å². The molecule has 2 aromatic rings. The van der Waals surface area contributed by atoms with Crippen molar-refractivity contribution in [3.8, 4) is 0 Å². The van der Waals surface area contributed by atoms with E-state index in [1.807, 2.05) is 6.92 Å². The highest BCUT2D eigenvalue weighted by Gasteiger charge is 2.30. The van der Waals surface area contributed by atoms with Gasteiger partial charge in [-0.2, -0.15) is 0 Å². The monoisotopic (exact) mass is 314 g/mol. The van der Waals surface area contributed by atoms with Gasteiger partial charge >= 0.3 is 0 Å². The number of hydrogen-bond donors (Lipinski definition) is 2. The molecule has 3 rings (SSSR count). The molecular formula is C16H18N4O3. The van der Waals surface area contributed by atoms with Gasteiger partial charge in [-0.05, 0) is 18.6 Å². The highest BCUT2D eigenvalue weighted by molar-refractivity contribution is 5.94. The van der Waals surface area contributed by atoms with Crippen molar-refractivity contribution in [2.75, 3.05) is 13.1 Å². The van der Waals surface area contributed by atoms with Gasteiger partial charge in [-0.1, -0.05) is 19.1 Å². The van der Waals surface area contributed by atoms with Crippen molar-refractivity contribution in [1.82, 2.24) is 20.2 Å². The lowest BCUT2D eigenvalue weighted by Crippen LogP contribution is -2.40. The van der Waals surface area contributed by atoms with E-state index in [-0.39, 0.29) is 24.1 Å². The molecule has 7 nitrogen and oxygen atoms in total. The average molecular weight is 314 g/mol. The largest absolute Gasteiger partial charge is 0.345 e. The van der Waals surface area contributed by atoms with E-state index in [9.17, 15) is 14.4 Å². The summed E-state index contributed by atoms with van der Waals surface area (Å²) < 4.78 is 0. The smallest absolute Gasteiger partial charge is 0.280 e. The molecule has 1 aromatic carbocycles. The number of likely N-dealkylation sites (tertiary alicyclic amines) is 1. The molecule has 1 atom stereocenters. The van der Waals surface area contributed by atoms with Crippen molar-refractivity contribution in [1.29, 1.82) is 0 Å². The van der Waals surface area contributed by atoms with E-state index < -0.39 is 11.5 Å². The number of carbonyl (C=O) groups is 2. The lowest BCUT2D eigenvalue weighted by molar-refractivity contribution is -0.127. The Kier molecular flexibility index (Phi) is 4.10. The molecule has 1 saturated heterocycles. The topological polar surface area (TPSA) is 95.2 Å². The molecular weight excluding hydrogens is 296 g/mol. The zero-order valence-corrected chi connectivity index (χ0v) is 12.8. The van der Waals surface area contributed by atoms with Crippen LogP contribution in [0.5, 0.6) is 0 Å². The standard InChI is InChI=1S/C16H18N4O3/c1-2-7-20-9-10(8-13(20)21)17-15(22)14-16(23)19-12-6-4-3-5-11(12)18-14/h3-6,10H,2,7-9H2,1H3,(H,17,22)(H,19,23)/t10-/m0/s1. The van der Waals surface area contributed by atoms with Crippen LogP contribution in [0.3, 0.4) is 0 Å². The van der Waals surface area contributed by atoms with Gasteiger partial charge < -0.3 is 15.2 Å². The zero-order chi connectivity index (χ0) is 16.4. The van der Waals surface area contributed by atoms with Crippen molar-refractivity contribution in [2.24, 2.45) is 0 Å². The predicted molar refractivity (Wildman–Crippen MR) is 85.1 cm³/mol. The Morgan fingerprint density at radius 1 is 1.39 bits per heavy atom. The van der Waals surface area contributed by atoms with Crippen LogP contribution < -0.4 is 10.9 Å². The number of para-hydroxylation sites is 2. The number of aromatic nitrogens is 2. The fraction of sp³-hybridized carbons (Fsp3) is 0.375. The summed E-state index contributed by atoms with van der Waals surface area (Å²) in [6.07, 6.45) is 1.13. The quantitative estimate of drug-likeness (QED) is 0.867. The Hall–Kier alpha value is -2.70. The van der Waals surface area contributed by atoms with Crippen molar-refractivity contribution in [3.63, 3.8) is 0 Å². The maximum Gasteiger partial charge on any atom is 0.280 e. The van der Waals surface area contributed by atoms with E-state index in [0.29, 0.717) is 24.1 Å². The molecule has 1 fully saturated rings. The average Bonchev–Trinajstić information content (AvgIpc) is 2.86. The van der Waals surface area contributed by atoms with Crippen molar-refractivity contribution >= 4 is 22.8 Å². The normalized spacial score (nSPS) is 17.7. The minimum atomic E-state index is -0.548. The van der Waals surface area contributed by atoms with Crippen LogP contribution in [0.2, 0.25) is 0 Å². The molecule has 2 amide bonds. The third kappa shape index (κ3) is 3.08. The molecule has 2 heterocycles. The summed E-state index contributed by atoms with van der Waals surface area (Å²) in [5.41, 5.74) is 0.424. The molecule has 0 spiro atoms. The van der Waals surface area contributed by atoms with Gasteiger partial charge in [0.15, 0.2) is 5.69 Å². The molecule has 1 aliphatic rings. The first-order valence-electron chi connectivity index (χ1n) is 7.66. The molecule has 0 saturated carbocycles. The Bertz CT molecular complexity index is 814. The fourth-order valence-electron chi connectivity index (χ4n) is 2.79. The number of carbonyl (C=O) groups excluding carboxylic acids is 2. The lowest BCUT2D eigenvalue weighted by atomic mass is 10.2. The third-order valence-corrected chi connectivity index (χ3v) is 3.86. The highest BCUT2D eigenvalue weighted by Crippen LogP contribution is 2.12. The van der Waals surface area contributed by atoms with Crippen LogP contribution in [0.1, 0.15) is 30.3 Å². The first kappa shape index (κ1) is 15.2. The molecule has 0 aliphatic carbocycles. The van der Waals surface area contributed by atoms with Gasteiger partial charge in [0.05, 0.1) is 17.1 Å². The molecule has 1 aliphatic heterocycles. The first-order chi connectivity index (χ1) is 11.1. The highest BCUT2D eigenvalue weighted by atomic mass is 16.2. The Balaban J connectivity index is 1.78. The van der Waals surface area contributed by atoms with Gasteiger partial charge in [0.1, 0.15) is 0 Å². The summed E-state index contributed by atoms with van der Waals surface area (Å²) in [7, 11) is 0. The number of nitrogens with one attached hydrogen (secondary N) is 2. The molecule has 7 heteroatoms. The van der Waals surface area contributed by atoms with Gasteiger partial charge in [-0.15, -0.1) is 0 Å². The van der Waals surface area contributed by atoms with Crippen LogP contribution >= 0.6 is 0 Å². The van der Waals surface area contributed by atoms with Crippen molar-refractivity contribution < 1.29 is 9.59 Å². The summed E-state index contributed by atoms with van der Waals surface area (Å²) in [6, 6.07) is 6.74. The second-order valence-electron chi connectivity index (χ2n) is 5.65. The summed E-state index contributed by atoms with van der Waals surface area (Å²) in [5, 5.41) is 2.74. The van der Waals surface area contributed by atoms with Crippen LogP contribution in [-0.4, -0.2) is 45.8 Å². The molecule has 23 heavy (non-hydrogen) atoms. The van der Waals surface area contributed by atoms with E-state index in [0.717, 1.165) is 6.42 Å². The van der Waals surface area contributed by atoms with Gasteiger partial charge in [0, 0.05) is 19.5 Å². The fourth-order valence-corrected chi connectivity index (χ4v) is 2.79. The number of rotatable bonds is 4. The molecule has 0 unspecified atom stereocenters. The molecule has 0 radical (unpaired) electrons. The van der Waals surface area contributed by atoms with Crippen LogP contribution in [-0.2, 0) is 4.79 Å². The van der Waals surface area contributed by atoms with E-state index in [4.69, 9.17) is 0 Å². The van der Waals surface area contributed by atoms with E-state index in [1.165, 1.54) is 0 Å². The van der Waals surface area contributed by atoms with Crippen molar-refractivity contribution in [3.05, 3.63) is 40.3 Å². The van der Waals surface area contributed by atoms with Crippen LogP contribution in [0.4, 0.5) is 0 Å². The van der Waals surface area contributed by atoms with Gasteiger partial charge in [0.2, 0.25) is 5.91 Å². The molecule has 120 valence electrons. The SMILES string of the molecule is CCCN1C[C@@H](NC(=O)c2nc3ccccc3[nH]c2=O)CC1=O. The minimum absolute atomic E-state index is 0.0255. The number of H-pyrrole nitrogens is 1. The lowest BCUT2D eigenvalue weighted by Gasteiger charge is -2.15. The minimum Gasteiger partial charge on any atom is -0.345 e. The number of aromatic amines is 1. The molecule has 2 N–H and O–H groups in total. The maximum absolute atomic E-state index is 12.3. The summed E-state index contributed by atoms with van der Waals surface area (Å²) in [6.45, 7) is 3.15. The number of benzene rings is 1. The zero-order valence-electron chi connectivity index (χ0n) is 12.8. The Morgan fingerprint density at radius 3 is 2.96 bits per heavy atom. The summed E-state index contributed by atoms with van der Waals surface area (Å²) in [5.74, 6) is -0.523. The van der Waals surface area contributed by atoms with Gasteiger partial charge in [-0.3, -0.25) is 14.4 Å². The van der Waals surface area contributed by atoms with Crippen LogP contribution in [0, 0.1) is 0 Å². The molecule has 1 aromatic heterocycles. The second kappa shape index (κ2) is 6.20. The van der Waals surface area contributed by atoms with Crippen molar-refractivity contribution in [2.45, 2.75) is 25.8 Å². The number of amides is 2. The predicted octanol–water partition coefficient (Wildman–Crippen LogP) is 0.664. The number of hydrogen-bond acceptors (Lipinski definition) is 4. The third-order valence-electron chi connectivity index (χ3n) is 3.86. The maximum atomic E-state index is 12.3. The van der Waals surface area contributed by atoms with Gasteiger partial charge in [-0.25, -0.2) is 4.98 Å². The van der Waals surface area contributed by atoms with Gasteiger partial charge in [0.25, 0.3) is 11.5 Å². The number of fused-ring (bicyclic) bond motifs is 1. The molecule has 0 bridgehead atoms. The Morgan fingerprint density at radius 2 is 2.17 bits per heavy atom.